The fourth-order valence-corrected chi connectivity index (χ4v) is 1.19. The van der Waals surface area contributed by atoms with Gasteiger partial charge in [0.1, 0.15) is 18.7 Å². The van der Waals surface area contributed by atoms with Crippen molar-refractivity contribution < 1.29 is 23.9 Å². The highest BCUT2D eigenvalue weighted by molar-refractivity contribution is 5.90. The first kappa shape index (κ1) is 18.4. The molecule has 0 aromatic heterocycles. The molecule has 0 unspecified atom stereocenters. The van der Waals surface area contributed by atoms with Crippen molar-refractivity contribution in [3.05, 3.63) is 0 Å². The van der Waals surface area contributed by atoms with Gasteiger partial charge in [-0.05, 0) is 19.4 Å². The van der Waals surface area contributed by atoms with E-state index < -0.39 is 36.6 Å². The van der Waals surface area contributed by atoms with Crippen molar-refractivity contribution in [3.63, 3.8) is 0 Å². The fraction of sp³-hybridized carbons (Fsp3) is 0.727. The molecule has 0 bridgehead atoms. The summed E-state index contributed by atoms with van der Waals surface area (Å²) >= 11 is 0. The average molecular weight is 290 g/mol. The Labute approximate surface area is 116 Å². The summed E-state index contributed by atoms with van der Waals surface area (Å²) in [6.45, 7) is -0.241. The Kier molecular flexibility index (Phi) is 9.47. The number of hydrogen-bond donors (Lipinski definition) is 4. The van der Waals surface area contributed by atoms with Crippen LogP contribution in [0.2, 0.25) is 0 Å². The molecule has 0 fully saturated rings. The van der Waals surface area contributed by atoms with Crippen LogP contribution >= 0.6 is 0 Å². The highest BCUT2D eigenvalue weighted by atomic mass is 16.6. The zero-order chi connectivity index (χ0) is 15.5. The smallest absolute Gasteiger partial charge is 0.334 e. The molecular formula is C11H22N4O5. The van der Waals surface area contributed by atoms with Crippen LogP contribution in [0.15, 0.2) is 0 Å². The largest absolute Gasteiger partial charge is 0.462 e. The molecule has 9 nitrogen and oxygen atoms in total. The molecular weight excluding hydrogens is 268 g/mol. The van der Waals surface area contributed by atoms with Gasteiger partial charge in [0.2, 0.25) is 0 Å². The van der Waals surface area contributed by atoms with Crippen LogP contribution in [-0.4, -0.2) is 49.7 Å². The molecule has 0 radical (unpaired) electrons. The van der Waals surface area contributed by atoms with Gasteiger partial charge < -0.3 is 32.4 Å². The molecule has 0 aromatic carbocycles. The lowest BCUT2D eigenvalue weighted by molar-refractivity contribution is -0.162. The molecule has 0 amide bonds. The molecule has 2 atom stereocenters. The van der Waals surface area contributed by atoms with Gasteiger partial charge in [0, 0.05) is 0 Å². The molecule has 0 aliphatic carbocycles. The summed E-state index contributed by atoms with van der Waals surface area (Å²) in [6, 6.07) is -2.17. The minimum atomic E-state index is -1.26. The van der Waals surface area contributed by atoms with Crippen molar-refractivity contribution in [3.8, 4) is 0 Å². The Morgan fingerprint density at radius 2 is 1.55 bits per heavy atom. The molecule has 0 spiro atoms. The van der Waals surface area contributed by atoms with Gasteiger partial charge in [0.15, 0.2) is 0 Å². The molecule has 0 aromatic rings. The van der Waals surface area contributed by atoms with Crippen LogP contribution in [0.25, 0.3) is 0 Å². The third-order valence-electron chi connectivity index (χ3n) is 2.37. The molecule has 0 rings (SSSR count). The van der Waals surface area contributed by atoms with E-state index in [9.17, 15) is 14.4 Å². The summed E-state index contributed by atoms with van der Waals surface area (Å²) in [7, 11) is 0. The predicted molar refractivity (Wildman–Crippen MR) is 70.0 cm³/mol. The van der Waals surface area contributed by atoms with Crippen molar-refractivity contribution >= 4 is 17.9 Å². The predicted octanol–water partition coefficient (Wildman–Crippen LogP) is -2.66. The van der Waals surface area contributed by atoms with Crippen LogP contribution < -0.4 is 22.9 Å². The molecule has 0 aliphatic rings. The Morgan fingerprint density at radius 1 is 0.950 bits per heavy atom. The number of nitrogens with two attached hydrogens (primary N) is 4. The monoisotopic (exact) mass is 290 g/mol. The fourth-order valence-electron chi connectivity index (χ4n) is 1.19. The summed E-state index contributed by atoms with van der Waals surface area (Å²) in [6.07, 6.45) is 1.74. The Hall–Kier alpha value is -1.55. The Bertz CT molecular complexity index is 337. The van der Waals surface area contributed by atoms with Crippen LogP contribution in [-0.2, 0) is 23.9 Å². The Balaban J connectivity index is 4.04. The van der Waals surface area contributed by atoms with E-state index in [0.29, 0.717) is 19.4 Å². The molecule has 0 saturated heterocycles. The van der Waals surface area contributed by atoms with Crippen LogP contribution in [0, 0.1) is 0 Å². The first-order chi connectivity index (χ1) is 9.42. The van der Waals surface area contributed by atoms with Gasteiger partial charge in [-0.2, -0.15) is 0 Å². The first-order valence-electron chi connectivity index (χ1n) is 6.24. The second-order valence-electron chi connectivity index (χ2n) is 4.12. The van der Waals surface area contributed by atoms with Crippen LogP contribution in [0.1, 0.15) is 19.3 Å². The maximum atomic E-state index is 11.5. The molecule has 0 aliphatic heterocycles. The molecule has 9 heteroatoms. The summed E-state index contributed by atoms with van der Waals surface area (Å²) in [5, 5.41) is 0. The van der Waals surface area contributed by atoms with E-state index in [2.05, 4.69) is 9.47 Å². The topological polar surface area (TPSA) is 174 Å². The van der Waals surface area contributed by atoms with E-state index >= 15 is 0 Å². The Morgan fingerprint density at radius 3 is 2.10 bits per heavy atom. The van der Waals surface area contributed by atoms with Gasteiger partial charge in [0.25, 0.3) is 0 Å². The quantitative estimate of drug-likeness (QED) is 0.201. The van der Waals surface area contributed by atoms with E-state index in [1.54, 1.807) is 0 Å². The van der Waals surface area contributed by atoms with Crippen molar-refractivity contribution in [1.29, 1.82) is 0 Å². The number of hydrogen-bond acceptors (Lipinski definition) is 9. The third-order valence-corrected chi connectivity index (χ3v) is 2.37. The SMILES string of the molecule is NCCCC[C@H](N)C(=O)OC(=O)[C@@H](N)COC(=O)CN. The number of rotatable bonds is 9. The maximum absolute atomic E-state index is 11.5. The number of esters is 3. The minimum absolute atomic E-state index is 0.327. The second-order valence-corrected chi connectivity index (χ2v) is 4.12. The van der Waals surface area contributed by atoms with E-state index in [1.807, 2.05) is 0 Å². The van der Waals surface area contributed by atoms with Gasteiger partial charge in [-0.1, -0.05) is 6.42 Å². The average Bonchev–Trinajstić information content (AvgIpc) is 2.43. The lowest BCUT2D eigenvalue weighted by Gasteiger charge is -2.13. The van der Waals surface area contributed by atoms with E-state index in [1.165, 1.54) is 0 Å². The molecule has 116 valence electrons. The molecule has 0 heterocycles. The molecule has 20 heavy (non-hydrogen) atoms. The van der Waals surface area contributed by atoms with Gasteiger partial charge in [0.05, 0.1) is 6.54 Å². The van der Waals surface area contributed by atoms with Gasteiger partial charge in [-0.25, -0.2) is 9.59 Å². The van der Waals surface area contributed by atoms with Crippen molar-refractivity contribution in [2.24, 2.45) is 22.9 Å². The lowest BCUT2D eigenvalue weighted by atomic mass is 10.1. The van der Waals surface area contributed by atoms with Crippen LogP contribution in [0.5, 0.6) is 0 Å². The first-order valence-corrected chi connectivity index (χ1v) is 6.24. The normalized spacial score (nSPS) is 13.4. The number of carbonyl (C=O) groups excluding carboxylic acids is 3. The van der Waals surface area contributed by atoms with Crippen molar-refractivity contribution in [2.75, 3.05) is 19.7 Å². The van der Waals surface area contributed by atoms with Gasteiger partial charge in [-0.3, -0.25) is 4.79 Å². The van der Waals surface area contributed by atoms with Gasteiger partial charge in [-0.15, -0.1) is 0 Å². The number of ether oxygens (including phenoxy) is 2. The lowest BCUT2D eigenvalue weighted by Crippen LogP contribution is -2.42. The third kappa shape index (κ3) is 7.79. The summed E-state index contributed by atoms with van der Waals surface area (Å²) in [5.74, 6) is -2.58. The molecule has 0 saturated carbocycles. The highest BCUT2D eigenvalue weighted by Crippen LogP contribution is 2.01. The van der Waals surface area contributed by atoms with Crippen LogP contribution in [0.3, 0.4) is 0 Å². The zero-order valence-corrected chi connectivity index (χ0v) is 11.2. The van der Waals surface area contributed by atoms with Crippen molar-refractivity contribution in [1.82, 2.24) is 0 Å². The van der Waals surface area contributed by atoms with Gasteiger partial charge >= 0.3 is 17.9 Å². The van der Waals surface area contributed by atoms with E-state index in [-0.39, 0.29) is 6.54 Å². The second kappa shape index (κ2) is 10.3. The van der Waals surface area contributed by atoms with E-state index in [4.69, 9.17) is 22.9 Å². The zero-order valence-electron chi connectivity index (χ0n) is 11.2. The maximum Gasteiger partial charge on any atom is 0.334 e. The number of unbranched alkanes of at least 4 members (excludes halogenated alkanes) is 1. The molecule has 8 N–H and O–H groups in total. The summed E-state index contributed by atoms with van der Waals surface area (Å²) in [5.41, 5.74) is 21.2. The number of carbonyl (C=O) groups is 3. The standard InChI is InChI=1S/C11H22N4O5/c12-4-2-1-3-7(14)10(17)20-11(18)8(15)6-19-9(16)5-13/h7-8H,1-6,12-15H2/t7-,8-/m0/s1. The van der Waals surface area contributed by atoms with E-state index in [0.717, 1.165) is 6.42 Å². The minimum Gasteiger partial charge on any atom is -0.462 e. The highest BCUT2D eigenvalue weighted by Gasteiger charge is 2.23. The summed E-state index contributed by atoms with van der Waals surface area (Å²) < 4.78 is 9.04. The summed E-state index contributed by atoms with van der Waals surface area (Å²) in [4.78, 5) is 33.7. The van der Waals surface area contributed by atoms with Crippen molar-refractivity contribution in [2.45, 2.75) is 31.3 Å². The van der Waals surface area contributed by atoms with Crippen LogP contribution in [0.4, 0.5) is 0 Å².